The Morgan fingerprint density at radius 2 is 1.52 bits per heavy atom. The second-order valence-electron chi connectivity index (χ2n) is 5.85. The van der Waals surface area contributed by atoms with Crippen LogP contribution in [0, 0.1) is 0 Å². The van der Waals surface area contributed by atoms with E-state index >= 15 is 0 Å². The minimum Gasteiger partial charge on any atom is -0.304 e. The van der Waals surface area contributed by atoms with E-state index in [1.54, 1.807) is 0 Å². The van der Waals surface area contributed by atoms with E-state index in [0.717, 1.165) is 5.56 Å². The van der Waals surface area contributed by atoms with E-state index in [9.17, 15) is 0 Å². The lowest BCUT2D eigenvalue weighted by Crippen LogP contribution is -2.22. The molecule has 0 aromatic heterocycles. The summed E-state index contributed by atoms with van der Waals surface area (Å²) in [5, 5.41) is 7.38. The Labute approximate surface area is 147 Å². The lowest BCUT2D eigenvalue weighted by Gasteiger charge is -2.22. The maximum absolute atomic E-state index is 6.13. The summed E-state index contributed by atoms with van der Waals surface area (Å²) < 4.78 is 0. The smallest absolute Gasteiger partial charge is 0.0595 e. The van der Waals surface area contributed by atoms with Gasteiger partial charge in [-0.2, -0.15) is 0 Å². The number of hydrogen-bond donors (Lipinski definition) is 1. The van der Waals surface area contributed by atoms with Gasteiger partial charge in [-0.3, -0.25) is 0 Å². The first-order valence-electron chi connectivity index (χ1n) is 7.75. The molecule has 0 saturated heterocycles. The van der Waals surface area contributed by atoms with E-state index in [0.29, 0.717) is 10.0 Å². The summed E-state index contributed by atoms with van der Waals surface area (Å²) in [5.74, 6) is 0. The Morgan fingerprint density at radius 3 is 2.30 bits per heavy atom. The monoisotopic (exact) mass is 343 g/mol. The molecule has 23 heavy (non-hydrogen) atoms. The van der Waals surface area contributed by atoms with Gasteiger partial charge in [-0.05, 0) is 47.9 Å². The summed E-state index contributed by atoms with van der Waals surface area (Å²) in [5.41, 5.74) is 2.43. The average Bonchev–Trinajstić information content (AvgIpc) is 2.56. The normalized spacial score (nSPS) is 13.9. The van der Waals surface area contributed by atoms with Gasteiger partial charge in [-0.25, -0.2) is 0 Å². The number of nitrogens with one attached hydrogen (secondary N) is 1. The van der Waals surface area contributed by atoms with Crippen molar-refractivity contribution >= 4 is 34.0 Å². The highest BCUT2D eigenvalue weighted by Gasteiger charge is 2.14. The molecule has 3 aromatic carbocycles. The molecule has 0 fully saturated rings. The van der Waals surface area contributed by atoms with Crippen LogP contribution in [0.3, 0.4) is 0 Å². The number of benzene rings is 3. The molecule has 0 aliphatic heterocycles. The van der Waals surface area contributed by atoms with Gasteiger partial charge >= 0.3 is 0 Å². The van der Waals surface area contributed by atoms with Crippen LogP contribution in [0.5, 0.6) is 0 Å². The molecule has 0 radical (unpaired) electrons. The van der Waals surface area contributed by atoms with Crippen LogP contribution in [0.15, 0.2) is 60.7 Å². The summed E-state index contributed by atoms with van der Waals surface area (Å²) in [6.07, 6.45) is 0. The topological polar surface area (TPSA) is 12.0 Å². The fourth-order valence-corrected chi connectivity index (χ4v) is 3.28. The molecule has 1 unspecified atom stereocenters. The molecule has 3 rings (SSSR count). The predicted molar refractivity (Wildman–Crippen MR) is 100 cm³/mol. The number of hydrogen-bond acceptors (Lipinski definition) is 1. The minimum atomic E-state index is 0.179. The van der Waals surface area contributed by atoms with Gasteiger partial charge in [0.25, 0.3) is 0 Å². The lowest BCUT2D eigenvalue weighted by molar-refractivity contribution is 0.497. The third kappa shape index (κ3) is 3.53. The summed E-state index contributed by atoms with van der Waals surface area (Å²) >= 11 is 12.1. The van der Waals surface area contributed by atoms with Crippen LogP contribution in [-0.4, -0.2) is 0 Å². The second-order valence-corrected chi connectivity index (χ2v) is 6.67. The highest BCUT2D eigenvalue weighted by molar-refractivity contribution is 6.42. The fourth-order valence-electron chi connectivity index (χ4n) is 2.97. The molecule has 0 aliphatic rings. The summed E-state index contributed by atoms with van der Waals surface area (Å²) in [4.78, 5) is 0. The zero-order chi connectivity index (χ0) is 16.4. The largest absolute Gasteiger partial charge is 0.304 e. The summed E-state index contributed by atoms with van der Waals surface area (Å²) in [6, 6.07) is 21.1. The molecule has 1 nitrogen and oxygen atoms in total. The van der Waals surface area contributed by atoms with Crippen molar-refractivity contribution in [3.05, 3.63) is 81.8 Å². The molecule has 0 bridgehead atoms. The second kappa shape index (κ2) is 6.92. The van der Waals surface area contributed by atoms with Gasteiger partial charge in [0.1, 0.15) is 0 Å². The Bertz CT molecular complexity index is 823. The third-order valence-corrected chi connectivity index (χ3v) is 4.97. The standard InChI is InChI=1S/C20H19Cl2N/c1-13(16-10-11-19(21)20(22)12-16)23-14(2)17-9-5-7-15-6-3-4-8-18(15)17/h3-14,23H,1-2H3/t13?,14-/m1/s1. The van der Waals surface area contributed by atoms with E-state index in [4.69, 9.17) is 23.2 Å². The van der Waals surface area contributed by atoms with Gasteiger partial charge in [-0.1, -0.05) is 71.7 Å². The van der Waals surface area contributed by atoms with Gasteiger partial charge in [-0.15, -0.1) is 0 Å². The number of rotatable bonds is 4. The first kappa shape index (κ1) is 16.3. The maximum atomic E-state index is 6.13. The van der Waals surface area contributed by atoms with E-state index in [2.05, 4.69) is 61.6 Å². The van der Waals surface area contributed by atoms with Crippen molar-refractivity contribution in [3.63, 3.8) is 0 Å². The minimum absolute atomic E-state index is 0.179. The zero-order valence-corrected chi connectivity index (χ0v) is 14.7. The van der Waals surface area contributed by atoms with Gasteiger partial charge in [0.05, 0.1) is 10.0 Å². The molecular formula is C20H19Cl2N. The van der Waals surface area contributed by atoms with Crippen molar-refractivity contribution in [2.75, 3.05) is 0 Å². The average molecular weight is 344 g/mol. The molecule has 0 spiro atoms. The Balaban J connectivity index is 1.85. The molecule has 2 atom stereocenters. The molecule has 3 aromatic rings. The quantitative estimate of drug-likeness (QED) is 0.565. The molecule has 1 N–H and O–H groups in total. The van der Waals surface area contributed by atoms with Crippen LogP contribution in [0.2, 0.25) is 10.0 Å². The van der Waals surface area contributed by atoms with E-state index in [1.807, 2.05) is 18.2 Å². The molecular weight excluding hydrogens is 325 g/mol. The van der Waals surface area contributed by atoms with Gasteiger partial charge in [0, 0.05) is 12.1 Å². The molecule has 0 amide bonds. The van der Waals surface area contributed by atoms with E-state index in [1.165, 1.54) is 16.3 Å². The maximum Gasteiger partial charge on any atom is 0.0595 e. The lowest BCUT2D eigenvalue weighted by atomic mass is 9.98. The van der Waals surface area contributed by atoms with Crippen LogP contribution < -0.4 is 5.32 Å². The molecule has 3 heteroatoms. The van der Waals surface area contributed by atoms with Gasteiger partial charge < -0.3 is 5.32 Å². The predicted octanol–water partition coefficient (Wildman–Crippen LogP) is 6.56. The first-order chi connectivity index (χ1) is 11.1. The van der Waals surface area contributed by atoms with E-state index in [-0.39, 0.29) is 12.1 Å². The fraction of sp³-hybridized carbons (Fsp3) is 0.200. The van der Waals surface area contributed by atoms with Crippen molar-refractivity contribution in [3.8, 4) is 0 Å². The first-order valence-corrected chi connectivity index (χ1v) is 8.50. The Morgan fingerprint density at radius 1 is 0.783 bits per heavy atom. The van der Waals surface area contributed by atoms with Crippen molar-refractivity contribution < 1.29 is 0 Å². The van der Waals surface area contributed by atoms with Crippen molar-refractivity contribution in [1.82, 2.24) is 5.32 Å². The Hall–Kier alpha value is -1.54. The van der Waals surface area contributed by atoms with Crippen LogP contribution in [0.1, 0.15) is 37.1 Å². The van der Waals surface area contributed by atoms with Crippen molar-refractivity contribution in [1.29, 1.82) is 0 Å². The number of fused-ring (bicyclic) bond motifs is 1. The summed E-state index contributed by atoms with van der Waals surface area (Å²) in [7, 11) is 0. The zero-order valence-electron chi connectivity index (χ0n) is 13.2. The van der Waals surface area contributed by atoms with Crippen LogP contribution in [0.4, 0.5) is 0 Å². The van der Waals surface area contributed by atoms with E-state index < -0.39 is 0 Å². The molecule has 0 aliphatic carbocycles. The van der Waals surface area contributed by atoms with Crippen molar-refractivity contribution in [2.45, 2.75) is 25.9 Å². The van der Waals surface area contributed by atoms with Crippen LogP contribution >= 0.6 is 23.2 Å². The Kier molecular flexibility index (Phi) is 4.91. The van der Waals surface area contributed by atoms with Crippen LogP contribution in [-0.2, 0) is 0 Å². The SMILES string of the molecule is CC(N[C@H](C)c1cccc2ccccc12)c1ccc(Cl)c(Cl)c1. The summed E-state index contributed by atoms with van der Waals surface area (Å²) in [6.45, 7) is 4.33. The molecule has 0 heterocycles. The molecule has 0 saturated carbocycles. The molecule has 118 valence electrons. The van der Waals surface area contributed by atoms with Gasteiger partial charge in [0.2, 0.25) is 0 Å². The van der Waals surface area contributed by atoms with Crippen molar-refractivity contribution in [2.24, 2.45) is 0 Å². The third-order valence-electron chi connectivity index (χ3n) is 4.23. The highest BCUT2D eigenvalue weighted by atomic mass is 35.5. The number of halogens is 2. The highest BCUT2D eigenvalue weighted by Crippen LogP contribution is 2.29. The van der Waals surface area contributed by atoms with Gasteiger partial charge in [0.15, 0.2) is 0 Å². The van der Waals surface area contributed by atoms with Crippen LogP contribution in [0.25, 0.3) is 10.8 Å².